The van der Waals surface area contributed by atoms with Crippen LogP contribution in [0.5, 0.6) is 0 Å². The number of carbonyl (C=O) groups is 1. The van der Waals surface area contributed by atoms with Crippen LogP contribution < -0.4 is 10.8 Å². The summed E-state index contributed by atoms with van der Waals surface area (Å²) in [5.41, 5.74) is 3.87. The van der Waals surface area contributed by atoms with Gasteiger partial charge in [-0.05, 0) is 42.6 Å². The number of imidazole rings is 1. The van der Waals surface area contributed by atoms with Crippen molar-refractivity contribution in [3.05, 3.63) is 46.1 Å². The number of hydrogen-bond acceptors (Lipinski definition) is 5. The van der Waals surface area contributed by atoms with Crippen LogP contribution >= 0.6 is 27.5 Å². The summed E-state index contributed by atoms with van der Waals surface area (Å²) in [4.78, 5) is 24.7. The number of aryl methyl sites for hydroxylation is 1. The van der Waals surface area contributed by atoms with E-state index < -0.39 is 11.7 Å². The van der Waals surface area contributed by atoms with Gasteiger partial charge in [0.1, 0.15) is 5.52 Å². The van der Waals surface area contributed by atoms with Gasteiger partial charge in [0.2, 0.25) is 0 Å². The van der Waals surface area contributed by atoms with Crippen molar-refractivity contribution in [2.24, 2.45) is 7.05 Å². The van der Waals surface area contributed by atoms with E-state index >= 15 is 4.39 Å². The van der Waals surface area contributed by atoms with Gasteiger partial charge in [0, 0.05) is 25.7 Å². The molecule has 7 nitrogen and oxygen atoms in total. The molecule has 10 heteroatoms. The van der Waals surface area contributed by atoms with Gasteiger partial charge in [0.05, 0.1) is 35.1 Å². The van der Waals surface area contributed by atoms with Crippen molar-refractivity contribution in [1.82, 2.24) is 19.9 Å². The minimum absolute atomic E-state index is 0.0233. The number of allylic oxidation sites excluding steroid dienone is 4. The van der Waals surface area contributed by atoms with E-state index in [0.29, 0.717) is 24.2 Å². The minimum Gasteiger partial charge on any atom is -0.355 e. The molecular weight excluding hydrogens is 489 g/mol. The van der Waals surface area contributed by atoms with Gasteiger partial charge in [-0.15, -0.1) is 11.6 Å². The average molecular weight is 513 g/mol. The predicted octanol–water partition coefficient (Wildman–Crippen LogP) is 4.06. The summed E-state index contributed by atoms with van der Waals surface area (Å²) < 4.78 is 18.0. The fourth-order valence-corrected chi connectivity index (χ4v) is 4.71. The smallest absolute Gasteiger partial charge is 0.277 e. The lowest BCUT2D eigenvalue weighted by Crippen LogP contribution is -2.31. The molecule has 166 valence electrons. The Hall–Kier alpha value is -1.94. The summed E-state index contributed by atoms with van der Waals surface area (Å²) >= 11 is 9.85. The van der Waals surface area contributed by atoms with Gasteiger partial charge < -0.3 is 14.8 Å². The second-order valence-electron chi connectivity index (χ2n) is 7.70. The van der Waals surface area contributed by atoms with Gasteiger partial charge >= 0.3 is 0 Å². The first-order valence-corrected chi connectivity index (χ1v) is 11.4. The molecule has 0 spiro atoms. The average Bonchev–Trinajstić information content (AvgIpc) is 3.39. The molecule has 2 aromatic rings. The van der Waals surface area contributed by atoms with E-state index in [4.69, 9.17) is 16.4 Å². The van der Waals surface area contributed by atoms with Gasteiger partial charge in [0.15, 0.2) is 5.82 Å². The van der Waals surface area contributed by atoms with E-state index in [9.17, 15) is 4.79 Å². The lowest BCUT2D eigenvalue weighted by Gasteiger charge is -2.21. The highest BCUT2D eigenvalue weighted by molar-refractivity contribution is 9.11. The molecule has 1 saturated heterocycles. The number of alkyl halides is 1. The molecular formula is C21H24BrClFN5O2. The summed E-state index contributed by atoms with van der Waals surface area (Å²) in [6.07, 6.45) is 8.06. The van der Waals surface area contributed by atoms with Crippen LogP contribution in [0.2, 0.25) is 0 Å². The second-order valence-corrected chi connectivity index (χ2v) is 9.24. The third-order valence-corrected chi connectivity index (χ3v) is 6.48. The maximum Gasteiger partial charge on any atom is 0.277 e. The van der Waals surface area contributed by atoms with Crippen molar-refractivity contribution < 1.29 is 14.0 Å². The first-order chi connectivity index (χ1) is 14.9. The number of anilines is 1. The van der Waals surface area contributed by atoms with Crippen LogP contribution in [-0.2, 0) is 11.9 Å². The Labute approximate surface area is 193 Å². The van der Waals surface area contributed by atoms with Crippen LogP contribution in [0.15, 0.2) is 34.7 Å². The summed E-state index contributed by atoms with van der Waals surface area (Å²) in [7, 11) is 1.75. The molecule has 1 unspecified atom stereocenters. The first-order valence-electron chi connectivity index (χ1n) is 10.2. The van der Waals surface area contributed by atoms with Crippen LogP contribution in [0, 0.1) is 5.82 Å². The summed E-state index contributed by atoms with van der Waals surface area (Å²) in [5.74, 6) is -1.15. The van der Waals surface area contributed by atoms with Gasteiger partial charge in [-0.1, -0.05) is 22.0 Å². The minimum atomic E-state index is -0.612. The Bertz CT molecular complexity index is 1050. The molecule has 2 aliphatic rings. The number of fused-ring (bicyclic) bond motifs is 1. The van der Waals surface area contributed by atoms with E-state index in [1.807, 2.05) is 6.08 Å². The van der Waals surface area contributed by atoms with Crippen molar-refractivity contribution >= 4 is 50.2 Å². The van der Waals surface area contributed by atoms with Crippen molar-refractivity contribution in [3.8, 4) is 0 Å². The molecule has 1 fully saturated rings. The van der Waals surface area contributed by atoms with Crippen LogP contribution in [0.4, 0.5) is 10.1 Å². The number of amides is 1. The quantitative estimate of drug-likeness (QED) is 0.333. The lowest BCUT2D eigenvalue weighted by molar-refractivity contribution is 0.0244. The molecule has 1 aliphatic heterocycles. The number of carbonyl (C=O) groups excluding carboxylic acids is 1. The number of likely N-dealkylation sites (tertiary alicyclic amines) is 1. The van der Waals surface area contributed by atoms with Gasteiger partial charge in [-0.2, -0.15) is 0 Å². The highest BCUT2D eigenvalue weighted by Crippen LogP contribution is 2.33. The molecule has 0 saturated carbocycles. The van der Waals surface area contributed by atoms with E-state index in [0.717, 1.165) is 24.1 Å². The van der Waals surface area contributed by atoms with E-state index in [1.54, 1.807) is 23.8 Å². The Morgan fingerprint density at radius 2 is 2.16 bits per heavy atom. The molecule has 1 aromatic carbocycles. The van der Waals surface area contributed by atoms with Crippen molar-refractivity contribution in [2.75, 3.05) is 31.6 Å². The fourth-order valence-electron chi connectivity index (χ4n) is 3.78. The SMILES string of the molecule is Cn1cnc2c(F)c(NC3=CC=C(Br)CC3Cl)c(C(=O)NOCCN3CCCC3)cc21. The normalized spacial score (nSPS) is 19.4. The topological polar surface area (TPSA) is 71.4 Å². The maximum atomic E-state index is 15.4. The van der Waals surface area contributed by atoms with Crippen molar-refractivity contribution in [2.45, 2.75) is 24.6 Å². The van der Waals surface area contributed by atoms with Crippen molar-refractivity contribution in [1.29, 1.82) is 0 Å². The number of nitrogens with zero attached hydrogens (tertiary/aromatic N) is 3. The third-order valence-electron chi connectivity index (χ3n) is 5.50. The predicted molar refractivity (Wildman–Crippen MR) is 123 cm³/mol. The summed E-state index contributed by atoms with van der Waals surface area (Å²) in [6.45, 7) is 3.20. The number of aromatic nitrogens is 2. The zero-order valence-corrected chi connectivity index (χ0v) is 19.5. The first kappa shape index (κ1) is 22.3. The molecule has 1 aliphatic carbocycles. The molecule has 2 N–H and O–H groups in total. The molecule has 2 heterocycles. The van der Waals surface area contributed by atoms with Crippen molar-refractivity contribution in [3.63, 3.8) is 0 Å². The van der Waals surface area contributed by atoms with Crippen LogP contribution in [-0.4, -0.2) is 52.0 Å². The van der Waals surface area contributed by atoms with Crippen LogP contribution in [0.1, 0.15) is 29.6 Å². The second kappa shape index (κ2) is 9.68. The van der Waals surface area contributed by atoms with Gasteiger partial charge in [0.25, 0.3) is 5.91 Å². The highest BCUT2D eigenvalue weighted by atomic mass is 79.9. The molecule has 31 heavy (non-hydrogen) atoms. The zero-order chi connectivity index (χ0) is 22.0. The molecule has 1 atom stereocenters. The Balaban J connectivity index is 1.57. The molecule has 0 bridgehead atoms. The fraction of sp³-hybridized carbons (Fsp3) is 0.429. The van der Waals surface area contributed by atoms with Gasteiger partial charge in [-0.3, -0.25) is 9.63 Å². The monoisotopic (exact) mass is 511 g/mol. The van der Waals surface area contributed by atoms with E-state index in [1.165, 1.54) is 19.2 Å². The number of hydrogen-bond donors (Lipinski definition) is 2. The number of benzene rings is 1. The van der Waals surface area contributed by atoms with Gasteiger partial charge in [-0.25, -0.2) is 14.9 Å². The Morgan fingerprint density at radius 3 is 2.90 bits per heavy atom. The third kappa shape index (κ3) is 4.95. The molecule has 1 aromatic heterocycles. The van der Waals surface area contributed by atoms with Crippen LogP contribution in [0.3, 0.4) is 0 Å². The molecule has 4 rings (SSSR count). The number of hydroxylamine groups is 1. The van der Waals surface area contributed by atoms with E-state index in [-0.39, 0.29) is 22.1 Å². The molecule has 0 radical (unpaired) electrons. The summed E-state index contributed by atoms with van der Waals surface area (Å²) in [5, 5.41) is 2.64. The number of nitrogens with one attached hydrogen (secondary N) is 2. The lowest BCUT2D eigenvalue weighted by atomic mass is 10.1. The highest BCUT2D eigenvalue weighted by Gasteiger charge is 2.25. The number of halogens is 3. The number of rotatable bonds is 7. The largest absolute Gasteiger partial charge is 0.355 e. The Kier molecular flexibility index (Phi) is 6.95. The van der Waals surface area contributed by atoms with Crippen LogP contribution in [0.25, 0.3) is 11.0 Å². The van der Waals surface area contributed by atoms with E-state index in [2.05, 4.69) is 36.6 Å². The standard InChI is InChI=1S/C21H24BrClFN5O2/c1-28-12-25-20-17(28)11-14(21(30)27-31-9-8-29-6-2-3-7-29)19(18(20)24)26-16-5-4-13(22)10-15(16)23/h4-5,11-12,15,26H,2-3,6-10H2,1H3,(H,27,30). The molecule has 1 amide bonds. The maximum absolute atomic E-state index is 15.4. The summed E-state index contributed by atoms with van der Waals surface area (Å²) in [6, 6.07) is 1.60. The zero-order valence-electron chi connectivity index (χ0n) is 17.1. The Morgan fingerprint density at radius 1 is 1.39 bits per heavy atom.